The van der Waals surface area contributed by atoms with Crippen LogP contribution in [0, 0.1) is 12.8 Å². The lowest BCUT2D eigenvalue weighted by molar-refractivity contribution is -0.129. The summed E-state index contributed by atoms with van der Waals surface area (Å²) in [4.78, 5) is 29.5. The molecule has 3 rings (SSSR count). The summed E-state index contributed by atoms with van der Waals surface area (Å²) in [5.41, 5.74) is 3.58. The molecule has 1 aromatic heterocycles. The number of rotatable bonds is 7. The van der Waals surface area contributed by atoms with E-state index < -0.39 is 0 Å². The van der Waals surface area contributed by atoms with E-state index in [9.17, 15) is 9.59 Å². The molecule has 1 saturated heterocycles. The van der Waals surface area contributed by atoms with Crippen molar-refractivity contribution in [3.63, 3.8) is 0 Å². The monoisotopic (exact) mass is 341 g/mol. The van der Waals surface area contributed by atoms with Crippen LogP contribution in [0.15, 0.2) is 24.4 Å². The number of likely N-dealkylation sites (tertiary alicyclic amines) is 1. The molecule has 5 heteroatoms. The van der Waals surface area contributed by atoms with Crippen LogP contribution >= 0.6 is 0 Å². The molecule has 0 spiro atoms. The minimum Gasteiger partial charge on any atom is -0.361 e. The molecule has 0 saturated carbocycles. The van der Waals surface area contributed by atoms with E-state index in [0.717, 1.165) is 24.8 Å². The quantitative estimate of drug-likeness (QED) is 0.761. The second-order valence-corrected chi connectivity index (χ2v) is 7.00. The molecular weight excluding hydrogens is 314 g/mol. The summed E-state index contributed by atoms with van der Waals surface area (Å²) in [6, 6.07) is 6.36. The van der Waals surface area contributed by atoms with Gasteiger partial charge in [-0.25, -0.2) is 0 Å². The average Bonchev–Trinajstić information content (AvgIpc) is 3.16. The third kappa shape index (κ3) is 4.03. The van der Waals surface area contributed by atoms with Crippen LogP contribution in [0.5, 0.6) is 0 Å². The van der Waals surface area contributed by atoms with E-state index in [4.69, 9.17) is 0 Å². The fourth-order valence-electron chi connectivity index (χ4n) is 3.45. The second kappa shape index (κ2) is 7.72. The van der Waals surface area contributed by atoms with Gasteiger partial charge in [-0.15, -0.1) is 0 Å². The molecule has 1 aliphatic heterocycles. The molecular formula is C20H27N3O2. The van der Waals surface area contributed by atoms with Gasteiger partial charge in [-0.1, -0.05) is 25.0 Å². The molecule has 134 valence electrons. The largest absolute Gasteiger partial charge is 0.361 e. The maximum absolute atomic E-state index is 12.2. The van der Waals surface area contributed by atoms with Gasteiger partial charge >= 0.3 is 0 Å². The Morgan fingerprint density at radius 3 is 3.04 bits per heavy atom. The van der Waals surface area contributed by atoms with Crippen molar-refractivity contribution in [1.82, 2.24) is 15.2 Å². The Bertz CT molecular complexity index is 765. The van der Waals surface area contributed by atoms with Gasteiger partial charge in [0.1, 0.15) is 0 Å². The molecule has 0 bridgehead atoms. The number of aryl methyl sites for hydroxylation is 1. The first-order chi connectivity index (χ1) is 12.1. The first-order valence-electron chi connectivity index (χ1n) is 9.20. The minimum absolute atomic E-state index is 0.0204. The van der Waals surface area contributed by atoms with Gasteiger partial charge in [0.25, 0.3) is 0 Å². The molecule has 0 aliphatic carbocycles. The van der Waals surface area contributed by atoms with Gasteiger partial charge in [-0.2, -0.15) is 0 Å². The number of aromatic nitrogens is 1. The Labute approximate surface area is 148 Å². The summed E-state index contributed by atoms with van der Waals surface area (Å²) >= 11 is 0. The molecule has 2 N–H and O–H groups in total. The Balaban J connectivity index is 1.57. The maximum Gasteiger partial charge on any atom is 0.225 e. The van der Waals surface area contributed by atoms with E-state index in [1.54, 1.807) is 0 Å². The normalized spacial score (nSPS) is 17.4. The zero-order chi connectivity index (χ0) is 17.8. The Morgan fingerprint density at radius 2 is 2.24 bits per heavy atom. The van der Waals surface area contributed by atoms with Gasteiger partial charge < -0.3 is 15.2 Å². The highest BCUT2D eigenvalue weighted by atomic mass is 16.2. The van der Waals surface area contributed by atoms with Crippen LogP contribution in [-0.4, -0.2) is 41.3 Å². The molecule has 1 unspecified atom stereocenters. The number of aromatic amines is 1. The predicted octanol–water partition coefficient (Wildman–Crippen LogP) is 2.78. The number of carbonyl (C=O) groups excluding carboxylic acids is 2. The summed E-state index contributed by atoms with van der Waals surface area (Å²) in [5, 5.41) is 4.17. The summed E-state index contributed by atoms with van der Waals surface area (Å²) < 4.78 is 0. The van der Waals surface area contributed by atoms with Crippen LogP contribution in [0.3, 0.4) is 0 Å². The number of nitrogens with zero attached hydrogens (tertiary/aromatic N) is 1. The van der Waals surface area contributed by atoms with E-state index in [2.05, 4.69) is 42.3 Å². The Kier molecular flexibility index (Phi) is 5.41. The first-order valence-corrected chi connectivity index (χ1v) is 9.20. The Hall–Kier alpha value is -2.30. The maximum atomic E-state index is 12.2. The van der Waals surface area contributed by atoms with Crippen LogP contribution < -0.4 is 5.32 Å². The lowest BCUT2D eigenvalue weighted by Crippen LogP contribution is -2.34. The standard InChI is InChI=1S/C20H27N3O2/c1-3-4-8-21-20(25)16-11-19(24)23(13-16)9-7-15-12-22-18-6-5-14(2)10-17(15)18/h5-6,10,12,16,22H,3-4,7-9,11,13H2,1-2H3,(H,21,25). The van der Waals surface area contributed by atoms with Crippen molar-refractivity contribution < 1.29 is 9.59 Å². The number of carbonyl (C=O) groups is 2. The number of hydrogen-bond donors (Lipinski definition) is 2. The molecule has 2 heterocycles. The van der Waals surface area contributed by atoms with Crippen LogP contribution in [0.2, 0.25) is 0 Å². The summed E-state index contributed by atoms with van der Waals surface area (Å²) in [7, 11) is 0. The minimum atomic E-state index is -0.199. The second-order valence-electron chi connectivity index (χ2n) is 7.00. The fourth-order valence-corrected chi connectivity index (χ4v) is 3.45. The van der Waals surface area contributed by atoms with Crippen molar-refractivity contribution in [1.29, 1.82) is 0 Å². The van der Waals surface area contributed by atoms with Crippen molar-refractivity contribution in [3.8, 4) is 0 Å². The van der Waals surface area contributed by atoms with Crippen LogP contribution in [0.25, 0.3) is 10.9 Å². The number of benzene rings is 1. The van der Waals surface area contributed by atoms with E-state index in [0.29, 0.717) is 26.1 Å². The molecule has 25 heavy (non-hydrogen) atoms. The van der Waals surface area contributed by atoms with E-state index in [1.807, 2.05) is 11.1 Å². The first kappa shape index (κ1) is 17.5. The van der Waals surface area contributed by atoms with Gasteiger partial charge in [0.15, 0.2) is 0 Å². The van der Waals surface area contributed by atoms with Crippen molar-refractivity contribution in [2.24, 2.45) is 5.92 Å². The third-order valence-electron chi connectivity index (χ3n) is 4.99. The highest BCUT2D eigenvalue weighted by molar-refractivity contribution is 5.89. The van der Waals surface area contributed by atoms with Crippen LogP contribution in [0.1, 0.15) is 37.3 Å². The SMILES string of the molecule is CCCCNC(=O)C1CC(=O)N(CCc2c[nH]c3ccc(C)cc23)C1. The molecule has 1 aliphatic rings. The smallest absolute Gasteiger partial charge is 0.225 e. The number of nitrogens with one attached hydrogen (secondary N) is 2. The van der Waals surface area contributed by atoms with Crippen molar-refractivity contribution in [2.45, 2.75) is 39.5 Å². The van der Waals surface area contributed by atoms with Crippen molar-refractivity contribution >= 4 is 22.7 Å². The number of fused-ring (bicyclic) bond motifs is 1. The van der Waals surface area contributed by atoms with Crippen LogP contribution in [-0.2, 0) is 16.0 Å². The zero-order valence-electron chi connectivity index (χ0n) is 15.1. The molecule has 2 amide bonds. The predicted molar refractivity (Wildman–Crippen MR) is 99.3 cm³/mol. The van der Waals surface area contributed by atoms with Gasteiger partial charge in [0, 0.05) is 43.2 Å². The number of hydrogen-bond acceptors (Lipinski definition) is 2. The lowest BCUT2D eigenvalue weighted by atomic mass is 10.1. The summed E-state index contributed by atoms with van der Waals surface area (Å²) in [5.74, 6) is -0.0896. The van der Waals surface area contributed by atoms with E-state index in [1.165, 1.54) is 16.5 Å². The van der Waals surface area contributed by atoms with Gasteiger partial charge in [-0.3, -0.25) is 9.59 Å². The highest BCUT2D eigenvalue weighted by Gasteiger charge is 2.33. The number of H-pyrrole nitrogens is 1. The lowest BCUT2D eigenvalue weighted by Gasteiger charge is -2.16. The molecule has 5 nitrogen and oxygen atoms in total. The van der Waals surface area contributed by atoms with E-state index in [-0.39, 0.29) is 17.7 Å². The number of unbranched alkanes of at least 4 members (excludes halogenated alkanes) is 1. The molecule has 0 radical (unpaired) electrons. The van der Waals surface area contributed by atoms with Gasteiger partial charge in [0.2, 0.25) is 11.8 Å². The average molecular weight is 341 g/mol. The van der Waals surface area contributed by atoms with Gasteiger partial charge in [0.05, 0.1) is 5.92 Å². The van der Waals surface area contributed by atoms with Crippen molar-refractivity contribution in [2.75, 3.05) is 19.6 Å². The fraction of sp³-hybridized carbons (Fsp3) is 0.500. The molecule has 2 aromatic rings. The van der Waals surface area contributed by atoms with Gasteiger partial charge in [-0.05, 0) is 37.5 Å². The topological polar surface area (TPSA) is 65.2 Å². The van der Waals surface area contributed by atoms with E-state index >= 15 is 0 Å². The van der Waals surface area contributed by atoms with Crippen LogP contribution in [0.4, 0.5) is 0 Å². The van der Waals surface area contributed by atoms with Crippen molar-refractivity contribution in [3.05, 3.63) is 35.5 Å². The summed E-state index contributed by atoms with van der Waals surface area (Å²) in [6.45, 7) is 6.09. The summed E-state index contributed by atoms with van der Waals surface area (Å²) in [6.07, 6.45) is 5.21. The molecule has 1 atom stereocenters. The zero-order valence-corrected chi connectivity index (χ0v) is 15.1. The molecule has 1 fully saturated rings. The Morgan fingerprint density at radius 1 is 1.40 bits per heavy atom. The highest BCUT2D eigenvalue weighted by Crippen LogP contribution is 2.22. The number of amides is 2. The molecule has 1 aromatic carbocycles. The third-order valence-corrected chi connectivity index (χ3v) is 4.99.